The highest BCUT2D eigenvalue weighted by molar-refractivity contribution is 4.83. The van der Waals surface area contributed by atoms with Crippen molar-refractivity contribution < 1.29 is 23.7 Å². The Labute approximate surface area is 215 Å². The molecule has 36 heavy (non-hydrogen) atoms. The molecule has 0 aromatic heterocycles. The monoisotopic (exact) mass is 501 g/mol. The Morgan fingerprint density at radius 1 is 0.472 bits per heavy atom. The Bertz CT molecular complexity index is 724. The van der Waals surface area contributed by atoms with Gasteiger partial charge in [0.25, 0.3) is 0 Å². The molecule has 0 aliphatic rings. The molecule has 3 unspecified atom stereocenters. The van der Waals surface area contributed by atoms with Crippen molar-refractivity contribution in [2.45, 2.75) is 45.4 Å². The van der Waals surface area contributed by atoms with Gasteiger partial charge in [0.05, 0.1) is 109 Å². The van der Waals surface area contributed by atoms with Gasteiger partial charge in [-0.1, -0.05) is 6.92 Å². The number of nitriles is 5. The zero-order valence-electron chi connectivity index (χ0n) is 21.4. The van der Waals surface area contributed by atoms with Crippen LogP contribution in [0.2, 0.25) is 0 Å². The Morgan fingerprint density at radius 3 is 1.25 bits per heavy atom. The van der Waals surface area contributed by atoms with Crippen molar-refractivity contribution in [2.24, 2.45) is 23.7 Å². The van der Waals surface area contributed by atoms with Gasteiger partial charge in [0.2, 0.25) is 0 Å². The minimum absolute atomic E-state index is 0.0120. The van der Waals surface area contributed by atoms with Crippen LogP contribution in [0, 0.1) is 80.3 Å². The summed E-state index contributed by atoms with van der Waals surface area (Å²) in [5.74, 6) is 0.0134. The van der Waals surface area contributed by atoms with Gasteiger partial charge in [-0.25, -0.2) is 0 Å². The highest BCUT2D eigenvalue weighted by Gasteiger charge is 2.34. The van der Waals surface area contributed by atoms with Crippen LogP contribution in [0.4, 0.5) is 0 Å². The van der Waals surface area contributed by atoms with Gasteiger partial charge in [0.15, 0.2) is 0 Å². The third-order valence-corrected chi connectivity index (χ3v) is 5.55. The second kappa shape index (κ2) is 25.3. The summed E-state index contributed by atoms with van der Waals surface area (Å²) in [5, 5.41) is 44.2. The van der Waals surface area contributed by atoms with Gasteiger partial charge < -0.3 is 23.7 Å². The highest BCUT2D eigenvalue weighted by atomic mass is 16.5. The van der Waals surface area contributed by atoms with Crippen LogP contribution >= 0.6 is 0 Å². The maximum absolute atomic E-state index is 8.87. The molecule has 0 spiro atoms. The van der Waals surface area contributed by atoms with E-state index in [9.17, 15) is 0 Å². The van der Waals surface area contributed by atoms with Gasteiger partial charge in [-0.15, -0.1) is 0 Å². The topological polar surface area (TPSA) is 165 Å². The highest BCUT2D eigenvalue weighted by Crippen LogP contribution is 2.33. The average Bonchev–Trinajstić information content (AvgIpc) is 2.88. The summed E-state index contributed by atoms with van der Waals surface area (Å²) in [6, 6.07) is 10.4. The summed E-state index contributed by atoms with van der Waals surface area (Å²) >= 11 is 0. The van der Waals surface area contributed by atoms with Crippen molar-refractivity contribution in [1.82, 2.24) is 0 Å². The minimum atomic E-state index is -0.0689. The van der Waals surface area contributed by atoms with Gasteiger partial charge >= 0.3 is 0 Å². The summed E-state index contributed by atoms with van der Waals surface area (Å²) in [4.78, 5) is 0. The molecule has 0 aliphatic heterocycles. The van der Waals surface area contributed by atoms with Crippen LogP contribution < -0.4 is 0 Å². The van der Waals surface area contributed by atoms with Crippen molar-refractivity contribution in [3.63, 3.8) is 0 Å². The van der Waals surface area contributed by atoms with Crippen molar-refractivity contribution in [1.29, 1.82) is 26.3 Å². The van der Waals surface area contributed by atoms with Crippen LogP contribution in [0.1, 0.15) is 45.4 Å². The molecule has 0 aromatic rings. The predicted octanol–water partition coefficient (Wildman–Crippen LogP) is 3.51. The zero-order chi connectivity index (χ0) is 26.7. The molecule has 0 rings (SSSR count). The van der Waals surface area contributed by atoms with Gasteiger partial charge in [0.1, 0.15) is 0 Å². The molecule has 0 aliphatic carbocycles. The van der Waals surface area contributed by atoms with Crippen LogP contribution in [-0.2, 0) is 23.7 Å². The number of hydrogen-bond donors (Lipinski definition) is 0. The van der Waals surface area contributed by atoms with Gasteiger partial charge in [-0.2, -0.15) is 26.3 Å². The van der Waals surface area contributed by atoms with E-state index in [-0.39, 0.29) is 36.5 Å². The predicted molar refractivity (Wildman–Crippen MR) is 129 cm³/mol. The molecule has 0 aromatic carbocycles. The Balaban J connectivity index is 5.68. The van der Waals surface area contributed by atoms with Crippen LogP contribution in [0.3, 0.4) is 0 Å². The van der Waals surface area contributed by atoms with Gasteiger partial charge in [0, 0.05) is 25.7 Å². The first-order chi connectivity index (χ1) is 17.7. The molecule has 198 valence electrons. The number of nitrogens with zero attached hydrogens (tertiary/aromatic N) is 5. The molecule has 0 saturated carbocycles. The number of rotatable bonds is 24. The lowest BCUT2D eigenvalue weighted by atomic mass is 9.73. The standard InChI is InChI=1S/C26H39N5O5/c1-23(19-33-14-3-9-28)26(25(21-35-16-5-11-30)22-36-17-6-12-31)24(20-34-15-4-10-29)7-18-32-13-2-8-27/h23-26H,2-7,13-22H2,1H3. The maximum atomic E-state index is 8.87. The second-order valence-corrected chi connectivity index (χ2v) is 8.32. The van der Waals surface area contributed by atoms with Crippen molar-refractivity contribution in [3.8, 4) is 30.3 Å². The van der Waals surface area contributed by atoms with Crippen LogP contribution in [-0.4, -0.2) is 66.1 Å². The molecule has 0 bridgehead atoms. The fraction of sp³-hybridized carbons (Fsp3) is 0.808. The molecule has 0 N–H and O–H groups in total. The summed E-state index contributed by atoms with van der Waals surface area (Å²) in [6.45, 7) is 5.74. The van der Waals surface area contributed by atoms with Crippen molar-refractivity contribution >= 4 is 0 Å². The fourth-order valence-corrected chi connectivity index (χ4v) is 3.98. The van der Waals surface area contributed by atoms with Crippen molar-refractivity contribution in [2.75, 3.05) is 66.1 Å². The normalized spacial score (nSPS) is 13.0. The molecular formula is C26H39N5O5. The maximum Gasteiger partial charge on any atom is 0.0645 e. The lowest BCUT2D eigenvalue weighted by molar-refractivity contribution is -0.0499. The molecule has 0 radical (unpaired) electrons. The summed E-state index contributed by atoms with van der Waals surface area (Å²) in [6.07, 6.45) is 2.15. The van der Waals surface area contributed by atoms with Gasteiger partial charge in [-0.05, 0) is 24.2 Å². The zero-order valence-corrected chi connectivity index (χ0v) is 21.4. The smallest absolute Gasteiger partial charge is 0.0645 e. The average molecular weight is 502 g/mol. The molecule has 0 fully saturated rings. The van der Waals surface area contributed by atoms with E-state index in [2.05, 4.69) is 37.3 Å². The summed E-state index contributed by atoms with van der Waals surface area (Å²) < 4.78 is 28.9. The largest absolute Gasteiger partial charge is 0.380 e. The molecule has 10 nitrogen and oxygen atoms in total. The van der Waals surface area contributed by atoms with E-state index in [1.807, 2.05) is 0 Å². The fourth-order valence-electron chi connectivity index (χ4n) is 3.98. The quantitative estimate of drug-likeness (QED) is 0.179. The number of hydrogen-bond acceptors (Lipinski definition) is 10. The van der Waals surface area contributed by atoms with E-state index >= 15 is 0 Å². The first kappa shape index (κ1) is 33.2. The van der Waals surface area contributed by atoms with E-state index in [4.69, 9.17) is 50.0 Å². The molecule has 0 heterocycles. The second-order valence-electron chi connectivity index (χ2n) is 8.32. The summed E-state index contributed by atoms with van der Waals surface area (Å²) in [7, 11) is 0. The van der Waals surface area contributed by atoms with E-state index in [1.54, 1.807) is 0 Å². The Kier molecular flexibility index (Phi) is 23.4. The van der Waals surface area contributed by atoms with Crippen LogP contribution in [0.5, 0.6) is 0 Å². The van der Waals surface area contributed by atoms with E-state index in [0.29, 0.717) is 91.8 Å². The van der Waals surface area contributed by atoms with E-state index in [0.717, 1.165) is 0 Å². The first-order valence-electron chi connectivity index (χ1n) is 12.4. The van der Waals surface area contributed by atoms with Crippen LogP contribution in [0.15, 0.2) is 0 Å². The van der Waals surface area contributed by atoms with Crippen molar-refractivity contribution in [3.05, 3.63) is 0 Å². The Hall–Kier alpha value is -2.75. The summed E-state index contributed by atoms with van der Waals surface area (Å²) in [5.41, 5.74) is 0. The number of ether oxygens (including phenoxy) is 5. The van der Waals surface area contributed by atoms with Gasteiger partial charge in [-0.3, -0.25) is 0 Å². The molecule has 3 atom stereocenters. The molecule has 0 saturated heterocycles. The third-order valence-electron chi connectivity index (χ3n) is 5.55. The third kappa shape index (κ3) is 17.7. The van der Waals surface area contributed by atoms with E-state index < -0.39 is 0 Å². The lowest BCUT2D eigenvalue weighted by Gasteiger charge is -2.38. The molecule has 10 heteroatoms. The lowest BCUT2D eigenvalue weighted by Crippen LogP contribution is -2.39. The van der Waals surface area contributed by atoms with Crippen LogP contribution in [0.25, 0.3) is 0 Å². The Morgan fingerprint density at radius 2 is 0.833 bits per heavy atom. The minimum Gasteiger partial charge on any atom is -0.380 e. The SMILES string of the molecule is CC(COCCC#N)C(C(CCOCCC#N)COCCC#N)C(COCCC#N)COCCC#N. The van der Waals surface area contributed by atoms with E-state index in [1.165, 1.54) is 0 Å². The first-order valence-corrected chi connectivity index (χ1v) is 12.4. The molecule has 0 amide bonds. The molecular weight excluding hydrogens is 462 g/mol.